The van der Waals surface area contributed by atoms with E-state index < -0.39 is 0 Å². The van der Waals surface area contributed by atoms with Gasteiger partial charge >= 0.3 is 5.97 Å². The molecule has 4 heteroatoms. The second-order valence-corrected chi connectivity index (χ2v) is 4.04. The number of hydrogen-bond donors (Lipinski definition) is 0. The van der Waals surface area contributed by atoms with Crippen molar-refractivity contribution < 1.29 is 13.9 Å². The molecule has 0 aliphatic carbocycles. The van der Waals surface area contributed by atoms with Crippen molar-refractivity contribution in [2.45, 2.75) is 20.8 Å². The Morgan fingerprint density at radius 2 is 2.00 bits per heavy atom. The lowest BCUT2D eigenvalue weighted by atomic mass is 10.1. The van der Waals surface area contributed by atoms with Gasteiger partial charge in [0.15, 0.2) is 0 Å². The number of methoxy groups -OCH3 is 1. The van der Waals surface area contributed by atoms with Gasteiger partial charge in [0, 0.05) is 9.86 Å². The molecule has 0 aliphatic heterocycles. The van der Waals surface area contributed by atoms with E-state index in [2.05, 4.69) is 20.7 Å². The van der Waals surface area contributed by atoms with E-state index in [-0.39, 0.29) is 5.97 Å². The summed E-state index contributed by atoms with van der Waals surface area (Å²) in [5.74, 6) is 0.379. The van der Waals surface area contributed by atoms with E-state index in [4.69, 9.17) is 4.42 Å². The number of esters is 1. The molecule has 0 spiro atoms. The number of ether oxygens (including phenoxy) is 1. The van der Waals surface area contributed by atoms with Crippen LogP contribution < -0.4 is 0 Å². The standard InChI is InChI=1S/C11H9BrO3.C2H6/c1-6-5-8-9(12)4-3-7(10(8)15-6)11(13)14-2;1-2/h3-5H,1-2H3;1-2H3. The number of carbonyl (C=O) groups excluding carboxylic acids is 1. The summed E-state index contributed by atoms with van der Waals surface area (Å²) in [7, 11) is 1.35. The fraction of sp³-hybridized carbons (Fsp3) is 0.308. The van der Waals surface area contributed by atoms with Gasteiger partial charge in [0.1, 0.15) is 16.9 Å². The van der Waals surface area contributed by atoms with Crippen molar-refractivity contribution in [1.82, 2.24) is 0 Å². The molecule has 0 bridgehead atoms. The predicted molar refractivity (Wildman–Crippen MR) is 71.3 cm³/mol. The zero-order valence-electron chi connectivity index (χ0n) is 10.3. The summed E-state index contributed by atoms with van der Waals surface area (Å²) >= 11 is 3.40. The highest BCUT2D eigenvalue weighted by Crippen LogP contribution is 2.30. The topological polar surface area (TPSA) is 39.4 Å². The number of fused-ring (bicyclic) bond motifs is 1. The second kappa shape index (κ2) is 5.87. The first-order valence-corrected chi connectivity index (χ1v) is 6.19. The largest absolute Gasteiger partial charge is 0.465 e. The Bertz CT molecular complexity index is 529. The Morgan fingerprint density at radius 3 is 2.59 bits per heavy atom. The Morgan fingerprint density at radius 1 is 1.35 bits per heavy atom. The van der Waals surface area contributed by atoms with E-state index in [0.29, 0.717) is 11.1 Å². The van der Waals surface area contributed by atoms with Gasteiger partial charge in [0.05, 0.1) is 7.11 Å². The van der Waals surface area contributed by atoms with Crippen molar-refractivity contribution in [1.29, 1.82) is 0 Å². The molecule has 0 aliphatic rings. The van der Waals surface area contributed by atoms with Crippen LogP contribution in [0, 0.1) is 6.92 Å². The smallest absolute Gasteiger partial charge is 0.341 e. The molecule has 0 fully saturated rings. The summed E-state index contributed by atoms with van der Waals surface area (Å²) in [6.45, 7) is 5.84. The highest BCUT2D eigenvalue weighted by Gasteiger charge is 2.15. The quantitative estimate of drug-likeness (QED) is 0.736. The number of aryl methyl sites for hydroxylation is 1. The Kier molecular flexibility index (Phi) is 4.75. The van der Waals surface area contributed by atoms with Gasteiger partial charge < -0.3 is 9.15 Å². The fourth-order valence-electron chi connectivity index (χ4n) is 1.48. The monoisotopic (exact) mass is 298 g/mol. The third-order valence-electron chi connectivity index (χ3n) is 2.16. The number of rotatable bonds is 1. The summed E-state index contributed by atoms with van der Waals surface area (Å²) in [4.78, 5) is 11.5. The number of furan rings is 1. The third kappa shape index (κ3) is 2.69. The van der Waals surface area contributed by atoms with Crippen LogP contribution in [0.25, 0.3) is 11.0 Å². The Labute approximate surface area is 109 Å². The van der Waals surface area contributed by atoms with Crippen LogP contribution in [0.1, 0.15) is 30.0 Å². The molecule has 1 aromatic heterocycles. The van der Waals surface area contributed by atoms with Crippen LogP contribution in [0.3, 0.4) is 0 Å². The summed E-state index contributed by atoms with van der Waals surface area (Å²) in [5.41, 5.74) is 1.01. The van der Waals surface area contributed by atoms with Gasteiger partial charge in [-0.2, -0.15) is 0 Å². The van der Waals surface area contributed by atoms with Crippen molar-refractivity contribution in [2.24, 2.45) is 0 Å². The van der Waals surface area contributed by atoms with Crippen molar-refractivity contribution in [2.75, 3.05) is 7.11 Å². The summed E-state index contributed by atoms with van der Waals surface area (Å²) in [5, 5.41) is 0.885. The molecular formula is C13H15BrO3. The lowest BCUT2D eigenvalue weighted by molar-refractivity contribution is 0.0601. The van der Waals surface area contributed by atoms with Crippen LogP contribution >= 0.6 is 15.9 Å². The molecule has 0 N–H and O–H groups in total. The number of halogens is 1. The molecule has 0 atom stereocenters. The molecule has 0 unspecified atom stereocenters. The normalized spacial score (nSPS) is 9.71. The van der Waals surface area contributed by atoms with Crippen molar-refractivity contribution in [3.05, 3.63) is 34.0 Å². The highest BCUT2D eigenvalue weighted by atomic mass is 79.9. The summed E-state index contributed by atoms with van der Waals surface area (Å²) < 4.78 is 11.1. The first-order chi connectivity index (χ1) is 8.13. The zero-order chi connectivity index (χ0) is 13.0. The lowest BCUT2D eigenvalue weighted by Crippen LogP contribution is -2.01. The molecule has 0 radical (unpaired) electrons. The first-order valence-electron chi connectivity index (χ1n) is 5.40. The minimum absolute atomic E-state index is 0.387. The average Bonchev–Trinajstić information content (AvgIpc) is 2.74. The SMILES string of the molecule is CC.COC(=O)c1ccc(Br)c2cc(C)oc12. The van der Waals surface area contributed by atoms with Gasteiger partial charge in [0.2, 0.25) is 0 Å². The van der Waals surface area contributed by atoms with Crippen LogP contribution in [0.4, 0.5) is 0 Å². The average molecular weight is 299 g/mol. The molecule has 17 heavy (non-hydrogen) atoms. The van der Waals surface area contributed by atoms with Crippen LogP contribution in [-0.2, 0) is 4.74 Å². The summed E-state index contributed by atoms with van der Waals surface area (Å²) in [6, 6.07) is 5.37. The van der Waals surface area contributed by atoms with Gasteiger partial charge in [-0.1, -0.05) is 29.8 Å². The minimum Gasteiger partial charge on any atom is -0.465 e. The second-order valence-electron chi connectivity index (χ2n) is 3.19. The van der Waals surface area contributed by atoms with E-state index in [1.165, 1.54) is 7.11 Å². The maximum absolute atomic E-state index is 11.5. The predicted octanol–water partition coefficient (Wildman–Crippen LogP) is 4.32. The van der Waals surface area contributed by atoms with E-state index in [1.54, 1.807) is 6.07 Å². The number of hydrogen-bond acceptors (Lipinski definition) is 3. The maximum atomic E-state index is 11.5. The van der Waals surface area contributed by atoms with E-state index in [1.807, 2.05) is 32.9 Å². The zero-order valence-corrected chi connectivity index (χ0v) is 11.9. The molecule has 0 amide bonds. The Balaban J connectivity index is 0.000000686. The number of benzene rings is 1. The van der Waals surface area contributed by atoms with Crippen LogP contribution in [0.15, 0.2) is 27.1 Å². The van der Waals surface area contributed by atoms with E-state index >= 15 is 0 Å². The van der Waals surface area contributed by atoms with Gasteiger partial charge in [-0.15, -0.1) is 0 Å². The molecule has 3 nitrogen and oxygen atoms in total. The lowest BCUT2D eigenvalue weighted by Gasteiger charge is -2.00. The third-order valence-corrected chi connectivity index (χ3v) is 2.85. The van der Waals surface area contributed by atoms with Crippen LogP contribution in [-0.4, -0.2) is 13.1 Å². The molecular weight excluding hydrogens is 284 g/mol. The highest BCUT2D eigenvalue weighted by molar-refractivity contribution is 9.10. The summed E-state index contributed by atoms with van der Waals surface area (Å²) in [6.07, 6.45) is 0. The van der Waals surface area contributed by atoms with Crippen LogP contribution in [0.2, 0.25) is 0 Å². The molecule has 0 saturated heterocycles. The van der Waals surface area contributed by atoms with Gasteiger partial charge in [-0.3, -0.25) is 0 Å². The molecule has 0 saturated carbocycles. The fourth-order valence-corrected chi connectivity index (χ4v) is 1.91. The molecule has 2 rings (SSSR count). The number of carbonyl (C=O) groups is 1. The Hall–Kier alpha value is -1.29. The molecule has 2 aromatic rings. The van der Waals surface area contributed by atoms with Gasteiger partial charge in [-0.25, -0.2) is 4.79 Å². The van der Waals surface area contributed by atoms with Gasteiger partial charge in [0.25, 0.3) is 0 Å². The van der Waals surface area contributed by atoms with Crippen molar-refractivity contribution >= 4 is 32.9 Å². The first kappa shape index (κ1) is 13.8. The molecule has 92 valence electrons. The molecule has 1 aromatic carbocycles. The van der Waals surface area contributed by atoms with Crippen molar-refractivity contribution in [3.63, 3.8) is 0 Å². The van der Waals surface area contributed by atoms with E-state index in [9.17, 15) is 4.79 Å². The van der Waals surface area contributed by atoms with Gasteiger partial charge in [-0.05, 0) is 25.1 Å². The van der Waals surface area contributed by atoms with Crippen LogP contribution in [0.5, 0.6) is 0 Å². The van der Waals surface area contributed by atoms with E-state index in [0.717, 1.165) is 15.6 Å². The molecule has 1 heterocycles. The maximum Gasteiger partial charge on any atom is 0.341 e. The minimum atomic E-state index is -0.387. The van der Waals surface area contributed by atoms with Crippen molar-refractivity contribution in [3.8, 4) is 0 Å².